The minimum atomic E-state index is 0.645. The first kappa shape index (κ1) is 23.4. The molecule has 0 amide bonds. The molecule has 5 aromatic carbocycles. The fourth-order valence-corrected chi connectivity index (χ4v) is 5.79. The van der Waals surface area contributed by atoms with Crippen LogP contribution >= 0.6 is 0 Å². The Bertz CT molecular complexity index is 1990. The molecule has 0 saturated carbocycles. The van der Waals surface area contributed by atoms with E-state index in [1.54, 1.807) is 0 Å². The standard InChI is InChI=1S/C37H24N4/c1-3-11-25(12-4-1)35-39-36(26-13-5-2-6-14-26)41-37(40-35)27-21-19-24(20-22-27)34-33-29-16-8-7-15-28(29)23-31(33)30-17-9-10-18-32(30)38-34/h1-22H,23H2. The molecule has 0 fully saturated rings. The summed E-state index contributed by atoms with van der Waals surface area (Å²) in [5, 5.41) is 1.23. The Morgan fingerprint density at radius 3 is 1.59 bits per heavy atom. The third kappa shape index (κ3) is 4.09. The van der Waals surface area contributed by atoms with E-state index < -0.39 is 0 Å². The van der Waals surface area contributed by atoms with Crippen molar-refractivity contribution >= 4 is 10.9 Å². The molecule has 0 unspecified atom stereocenters. The first-order valence-electron chi connectivity index (χ1n) is 13.8. The summed E-state index contributed by atoms with van der Waals surface area (Å²) in [7, 11) is 0. The number of benzene rings is 5. The summed E-state index contributed by atoms with van der Waals surface area (Å²) in [6.07, 6.45) is 0.926. The van der Waals surface area contributed by atoms with Crippen molar-refractivity contribution in [2.45, 2.75) is 6.42 Å². The van der Waals surface area contributed by atoms with Gasteiger partial charge < -0.3 is 0 Å². The molecule has 1 aliphatic carbocycles. The van der Waals surface area contributed by atoms with E-state index in [2.05, 4.69) is 72.8 Å². The van der Waals surface area contributed by atoms with Crippen LogP contribution in [0.2, 0.25) is 0 Å². The highest BCUT2D eigenvalue weighted by Gasteiger charge is 2.25. The molecule has 2 aromatic heterocycles. The largest absolute Gasteiger partial charge is 0.247 e. The molecule has 0 radical (unpaired) electrons. The van der Waals surface area contributed by atoms with Crippen molar-refractivity contribution in [1.29, 1.82) is 0 Å². The van der Waals surface area contributed by atoms with E-state index in [1.807, 2.05) is 60.7 Å². The smallest absolute Gasteiger partial charge is 0.164 e. The zero-order valence-corrected chi connectivity index (χ0v) is 22.2. The van der Waals surface area contributed by atoms with Crippen LogP contribution in [0, 0.1) is 0 Å². The minimum Gasteiger partial charge on any atom is -0.247 e. The molecule has 0 N–H and O–H groups in total. The third-order valence-corrected chi connectivity index (χ3v) is 7.77. The van der Waals surface area contributed by atoms with Gasteiger partial charge in [0, 0.05) is 33.2 Å². The molecular formula is C37H24N4. The van der Waals surface area contributed by atoms with Crippen LogP contribution in [-0.2, 0) is 6.42 Å². The number of rotatable bonds is 4. The number of fused-ring (bicyclic) bond motifs is 5. The van der Waals surface area contributed by atoms with Crippen molar-refractivity contribution in [1.82, 2.24) is 19.9 Å². The summed E-state index contributed by atoms with van der Waals surface area (Å²) in [5.74, 6) is 1.96. The maximum absolute atomic E-state index is 5.18. The van der Waals surface area contributed by atoms with Gasteiger partial charge in [0.2, 0.25) is 0 Å². The van der Waals surface area contributed by atoms with Crippen molar-refractivity contribution in [2.75, 3.05) is 0 Å². The van der Waals surface area contributed by atoms with Crippen LogP contribution in [0.15, 0.2) is 133 Å². The number of para-hydroxylation sites is 1. The average Bonchev–Trinajstić information content (AvgIpc) is 3.45. The van der Waals surface area contributed by atoms with E-state index in [0.717, 1.165) is 39.9 Å². The van der Waals surface area contributed by atoms with Gasteiger partial charge in [0.15, 0.2) is 17.5 Å². The predicted molar refractivity (Wildman–Crippen MR) is 165 cm³/mol. The monoisotopic (exact) mass is 524 g/mol. The fourth-order valence-electron chi connectivity index (χ4n) is 5.79. The molecule has 4 heteroatoms. The van der Waals surface area contributed by atoms with Crippen LogP contribution in [0.25, 0.3) is 67.5 Å². The first-order chi connectivity index (χ1) is 20.3. The Kier molecular flexibility index (Phi) is 5.49. The molecule has 0 spiro atoms. The Hall–Kier alpha value is -5.48. The van der Waals surface area contributed by atoms with Gasteiger partial charge in [-0.05, 0) is 29.2 Å². The topological polar surface area (TPSA) is 51.6 Å². The lowest BCUT2D eigenvalue weighted by Gasteiger charge is -2.13. The Morgan fingerprint density at radius 1 is 0.415 bits per heavy atom. The van der Waals surface area contributed by atoms with Crippen LogP contribution in [-0.4, -0.2) is 19.9 Å². The van der Waals surface area contributed by atoms with Gasteiger partial charge in [-0.25, -0.2) is 19.9 Å². The van der Waals surface area contributed by atoms with Crippen molar-refractivity contribution in [2.24, 2.45) is 0 Å². The van der Waals surface area contributed by atoms with Gasteiger partial charge in [-0.15, -0.1) is 0 Å². The molecule has 0 saturated heterocycles. The molecule has 4 nitrogen and oxygen atoms in total. The van der Waals surface area contributed by atoms with Crippen LogP contribution < -0.4 is 0 Å². The fraction of sp³-hybridized carbons (Fsp3) is 0.0270. The number of nitrogens with zero attached hydrogens (tertiary/aromatic N) is 4. The summed E-state index contributed by atoms with van der Waals surface area (Å²) in [4.78, 5) is 19.8. The molecule has 7 aromatic rings. The van der Waals surface area contributed by atoms with Crippen molar-refractivity contribution in [3.8, 4) is 56.5 Å². The molecule has 0 aliphatic heterocycles. The summed E-state index contributed by atoms with van der Waals surface area (Å²) in [6.45, 7) is 0. The van der Waals surface area contributed by atoms with Crippen LogP contribution in [0.1, 0.15) is 11.1 Å². The highest BCUT2D eigenvalue weighted by Crippen LogP contribution is 2.45. The number of hydrogen-bond acceptors (Lipinski definition) is 4. The van der Waals surface area contributed by atoms with E-state index >= 15 is 0 Å². The van der Waals surface area contributed by atoms with E-state index in [9.17, 15) is 0 Å². The van der Waals surface area contributed by atoms with E-state index in [-0.39, 0.29) is 0 Å². The van der Waals surface area contributed by atoms with Gasteiger partial charge in [0.05, 0.1) is 11.2 Å². The minimum absolute atomic E-state index is 0.645. The average molecular weight is 525 g/mol. The Morgan fingerprint density at radius 2 is 0.927 bits per heavy atom. The van der Waals surface area contributed by atoms with Gasteiger partial charge in [-0.2, -0.15) is 0 Å². The second-order valence-electron chi connectivity index (χ2n) is 10.3. The van der Waals surface area contributed by atoms with Crippen LogP contribution in [0.4, 0.5) is 0 Å². The second-order valence-corrected chi connectivity index (χ2v) is 10.3. The molecule has 0 bridgehead atoms. The molecule has 2 heterocycles. The Labute approximate surface area is 238 Å². The van der Waals surface area contributed by atoms with Crippen LogP contribution in [0.5, 0.6) is 0 Å². The summed E-state index contributed by atoms with van der Waals surface area (Å²) in [5.41, 5.74) is 11.2. The highest BCUT2D eigenvalue weighted by molar-refractivity contribution is 5.99. The third-order valence-electron chi connectivity index (χ3n) is 7.77. The van der Waals surface area contributed by atoms with Crippen molar-refractivity contribution in [3.63, 3.8) is 0 Å². The maximum Gasteiger partial charge on any atom is 0.164 e. The lowest BCUT2D eigenvalue weighted by Crippen LogP contribution is -2.00. The second kappa shape index (κ2) is 9.61. The zero-order chi connectivity index (χ0) is 27.2. The quantitative estimate of drug-likeness (QED) is 0.231. The van der Waals surface area contributed by atoms with Gasteiger partial charge in [0.1, 0.15) is 0 Å². The lowest BCUT2D eigenvalue weighted by molar-refractivity contribution is 1.07. The SMILES string of the molecule is c1ccc(-c2nc(-c3ccccc3)nc(-c3ccc(-c4nc5ccccc5c5c4-c4ccccc4C5)cc3)n2)cc1. The van der Waals surface area contributed by atoms with Gasteiger partial charge in [-0.3, -0.25) is 0 Å². The van der Waals surface area contributed by atoms with E-state index in [4.69, 9.17) is 19.9 Å². The normalized spacial score (nSPS) is 11.8. The Balaban J connectivity index is 1.26. The lowest BCUT2D eigenvalue weighted by atomic mass is 9.96. The summed E-state index contributed by atoms with van der Waals surface area (Å²) < 4.78 is 0. The molecule has 41 heavy (non-hydrogen) atoms. The highest BCUT2D eigenvalue weighted by atomic mass is 15.0. The maximum atomic E-state index is 5.18. The van der Waals surface area contributed by atoms with Gasteiger partial charge in [0.25, 0.3) is 0 Å². The predicted octanol–water partition coefficient (Wildman–Crippen LogP) is 8.66. The number of hydrogen-bond donors (Lipinski definition) is 0. The van der Waals surface area contributed by atoms with Gasteiger partial charge in [-0.1, -0.05) is 127 Å². The van der Waals surface area contributed by atoms with E-state index in [0.29, 0.717) is 17.5 Å². The first-order valence-corrected chi connectivity index (χ1v) is 13.8. The van der Waals surface area contributed by atoms with Gasteiger partial charge >= 0.3 is 0 Å². The number of aromatic nitrogens is 4. The number of pyridine rings is 1. The molecule has 192 valence electrons. The molecular weight excluding hydrogens is 500 g/mol. The van der Waals surface area contributed by atoms with Crippen molar-refractivity contribution < 1.29 is 0 Å². The molecule has 8 rings (SSSR count). The van der Waals surface area contributed by atoms with Crippen LogP contribution in [0.3, 0.4) is 0 Å². The zero-order valence-electron chi connectivity index (χ0n) is 22.2. The molecule has 1 aliphatic rings. The summed E-state index contributed by atoms with van der Waals surface area (Å²) >= 11 is 0. The van der Waals surface area contributed by atoms with Crippen molar-refractivity contribution in [3.05, 3.63) is 145 Å². The van der Waals surface area contributed by atoms with E-state index in [1.165, 1.54) is 27.6 Å². The summed E-state index contributed by atoms with van der Waals surface area (Å²) in [6, 6.07) is 45.7. The molecule has 0 atom stereocenters.